The van der Waals surface area contributed by atoms with E-state index in [-0.39, 0.29) is 5.54 Å². The maximum atomic E-state index is 12.6. The molecule has 1 aliphatic heterocycles. The highest BCUT2D eigenvalue weighted by molar-refractivity contribution is 6.41. The quantitative estimate of drug-likeness (QED) is 0.340. The van der Waals surface area contributed by atoms with Crippen LogP contribution in [0.15, 0.2) is 59.7 Å². The highest BCUT2D eigenvalue weighted by atomic mass is 16.2. The van der Waals surface area contributed by atoms with Crippen molar-refractivity contribution in [2.75, 3.05) is 19.0 Å². The number of nitrogens with one attached hydrogen (secondary N) is 2. The Balaban J connectivity index is 1.45. The van der Waals surface area contributed by atoms with E-state index in [1.54, 1.807) is 0 Å². The maximum absolute atomic E-state index is 12.6. The molecule has 0 bridgehead atoms. The number of carbonyl (C=O) groups excluding carboxylic acids is 2. The zero-order valence-corrected chi connectivity index (χ0v) is 18.0. The Bertz CT molecular complexity index is 1030. The van der Waals surface area contributed by atoms with Crippen molar-refractivity contribution in [3.63, 3.8) is 0 Å². The summed E-state index contributed by atoms with van der Waals surface area (Å²) in [6.45, 7) is 0. The standard InChI is InChI=1S/C25H28N4O2/c1-29(2)20-11-9-18(10-12-20)17-26-28-24(31)23(30)15-22-21-8-4-3-7-19(21)16-25(27-22)13-5-6-14-25/h3-4,7-12,15,17,27H,5-6,13-14,16H2,1-2H3,(H,28,31)/b22-15-,26-17+. The smallest absolute Gasteiger partial charge is 0.311 e. The van der Waals surface area contributed by atoms with Gasteiger partial charge in [-0.2, -0.15) is 5.10 Å². The van der Waals surface area contributed by atoms with E-state index in [2.05, 4.69) is 21.9 Å². The van der Waals surface area contributed by atoms with E-state index in [4.69, 9.17) is 0 Å². The molecular weight excluding hydrogens is 388 g/mol. The van der Waals surface area contributed by atoms with Gasteiger partial charge in [0.05, 0.1) is 6.21 Å². The van der Waals surface area contributed by atoms with E-state index in [9.17, 15) is 9.59 Å². The van der Waals surface area contributed by atoms with Crippen LogP contribution in [0.3, 0.4) is 0 Å². The first-order chi connectivity index (χ1) is 15.0. The summed E-state index contributed by atoms with van der Waals surface area (Å²) in [5.74, 6) is -1.37. The van der Waals surface area contributed by atoms with Gasteiger partial charge in [-0.15, -0.1) is 0 Å². The number of carbonyl (C=O) groups is 2. The predicted molar refractivity (Wildman–Crippen MR) is 124 cm³/mol. The Kier molecular flexibility index (Phi) is 5.89. The van der Waals surface area contributed by atoms with Crippen molar-refractivity contribution in [2.24, 2.45) is 5.10 Å². The van der Waals surface area contributed by atoms with Crippen molar-refractivity contribution >= 4 is 29.3 Å². The fraction of sp³-hybridized carbons (Fsp3) is 0.320. The number of ketones is 1. The Morgan fingerprint density at radius 3 is 2.48 bits per heavy atom. The molecule has 0 saturated heterocycles. The molecule has 1 amide bonds. The van der Waals surface area contributed by atoms with Crippen molar-refractivity contribution in [3.8, 4) is 0 Å². The molecule has 0 aromatic heterocycles. The van der Waals surface area contributed by atoms with Gasteiger partial charge >= 0.3 is 5.91 Å². The molecule has 6 nitrogen and oxygen atoms in total. The van der Waals surface area contributed by atoms with Gasteiger partial charge < -0.3 is 10.2 Å². The molecule has 0 atom stereocenters. The van der Waals surface area contributed by atoms with Gasteiger partial charge in [0.15, 0.2) is 0 Å². The molecule has 1 fully saturated rings. The summed E-state index contributed by atoms with van der Waals surface area (Å²) in [7, 11) is 3.94. The summed E-state index contributed by atoms with van der Waals surface area (Å²) < 4.78 is 0. The van der Waals surface area contributed by atoms with Crippen LogP contribution in [-0.4, -0.2) is 37.5 Å². The largest absolute Gasteiger partial charge is 0.379 e. The molecule has 0 unspecified atom stereocenters. The SMILES string of the molecule is CN(C)c1ccc(/C=N/NC(=O)C(=O)/C=C2\NC3(CCCC3)Cc3ccccc32)cc1. The molecule has 1 saturated carbocycles. The number of amides is 1. The monoisotopic (exact) mass is 416 g/mol. The normalized spacial score (nSPS) is 18.1. The second-order valence-corrected chi connectivity index (χ2v) is 8.55. The molecule has 4 rings (SSSR count). The third-order valence-electron chi connectivity index (χ3n) is 6.09. The first-order valence-electron chi connectivity index (χ1n) is 10.7. The lowest BCUT2D eigenvalue weighted by molar-refractivity contribution is -0.135. The number of benzene rings is 2. The zero-order valence-electron chi connectivity index (χ0n) is 18.0. The topological polar surface area (TPSA) is 73.8 Å². The molecule has 2 N–H and O–H groups in total. The van der Waals surface area contributed by atoms with Crippen LogP contribution < -0.4 is 15.6 Å². The fourth-order valence-corrected chi connectivity index (χ4v) is 4.44. The van der Waals surface area contributed by atoms with Crippen LogP contribution in [0.4, 0.5) is 5.69 Å². The van der Waals surface area contributed by atoms with Crippen LogP contribution in [-0.2, 0) is 16.0 Å². The molecule has 1 heterocycles. The number of hydrazone groups is 1. The molecule has 160 valence electrons. The second-order valence-electron chi connectivity index (χ2n) is 8.55. The molecule has 2 aromatic rings. The number of hydrogen-bond acceptors (Lipinski definition) is 5. The van der Waals surface area contributed by atoms with Gasteiger partial charge in [-0.1, -0.05) is 49.2 Å². The lowest BCUT2D eigenvalue weighted by Gasteiger charge is -2.38. The minimum Gasteiger partial charge on any atom is -0.379 e. The van der Waals surface area contributed by atoms with Crippen LogP contribution in [0.1, 0.15) is 42.4 Å². The Labute approximate surface area is 183 Å². The van der Waals surface area contributed by atoms with Gasteiger partial charge in [0.2, 0.25) is 5.78 Å². The lowest BCUT2D eigenvalue weighted by atomic mass is 9.82. The number of fused-ring (bicyclic) bond motifs is 1. The number of rotatable bonds is 5. The van der Waals surface area contributed by atoms with Gasteiger partial charge in [0, 0.05) is 42.7 Å². The molecular formula is C25H28N4O2. The van der Waals surface area contributed by atoms with E-state index < -0.39 is 11.7 Å². The first-order valence-corrected chi connectivity index (χ1v) is 10.7. The molecule has 31 heavy (non-hydrogen) atoms. The first kappa shape index (κ1) is 20.8. The Morgan fingerprint density at radius 2 is 1.77 bits per heavy atom. The zero-order chi connectivity index (χ0) is 21.8. The molecule has 1 spiro atoms. The number of nitrogens with zero attached hydrogens (tertiary/aromatic N) is 2. The molecule has 0 radical (unpaired) electrons. The van der Waals surface area contributed by atoms with Crippen LogP contribution >= 0.6 is 0 Å². The van der Waals surface area contributed by atoms with Crippen molar-refractivity contribution < 1.29 is 9.59 Å². The number of hydrogen-bond donors (Lipinski definition) is 2. The van der Waals surface area contributed by atoms with Gasteiger partial charge in [-0.05, 0) is 42.5 Å². The van der Waals surface area contributed by atoms with Gasteiger partial charge in [0.25, 0.3) is 0 Å². The molecule has 2 aromatic carbocycles. The van der Waals surface area contributed by atoms with E-state index >= 15 is 0 Å². The minimum absolute atomic E-state index is 0.00613. The second kappa shape index (κ2) is 8.76. The van der Waals surface area contributed by atoms with Gasteiger partial charge in [-0.3, -0.25) is 9.59 Å². The predicted octanol–water partition coefficient (Wildman–Crippen LogP) is 3.27. The average Bonchev–Trinajstić information content (AvgIpc) is 3.21. The highest BCUT2D eigenvalue weighted by Gasteiger charge is 2.38. The van der Waals surface area contributed by atoms with Gasteiger partial charge in [0.1, 0.15) is 0 Å². The fourth-order valence-electron chi connectivity index (χ4n) is 4.44. The summed E-state index contributed by atoms with van der Waals surface area (Å²) in [4.78, 5) is 26.9. The third-order valence-corrected chi connectivity index (χ3v) is 6.09. The van der Waals surface area contributed by atoms with Crippen molar-refractivity contribution in [1.29, 1.82) is 0 Å². The molecule has 6 heteroatoms. The molecule has 2 aliphatic rings. The van der Waals surface area contributed by atoms with Crippen LogP contribution in [0.5, 0.6) is 0 Å². The molecule has 1 aliphatic carbocycles. The van der Waals surface area contributed by atoms with E-state index in [0.717, 1.165) is 41.8 Å². The summed E-state index contributed by atoms with van der Waals surface area (Å²) in [5, 5.41) is 7.52. The van der Waals surface area contributed by atoms with E-state index in [1.165, 1.54) is 30.7 Å². The minimum atomic E-state index is -0.751. The van der Waals surface area contributed by atoms with Crippen molar-refractivity contribution in [2.45, 2.75) is 37.6 Å². The maximum Gasteiger partial charge on any atom is 0.311 e. The lowest BCUT2D eigenvalue weighted by Crippen LogP contribution is -2.47. The Hall–Kier alpha value is -3.41. The summed E-state index contributed by atoms with van der Waals surface area (Å²) in [5.41, 5.74) is 7.19. The van der Waals surface area contributed by atoms with Crippen LogP contribution in [0.2, 0.25) is 0 Å². The highest BCUT2D eigenvalue weighted by Crippen LogP contribution is 2.39. The average molecular weight is 417 g/mol. The van der Waals surface area contributed by atoms with Crippen LogP contribution in [0.25, 0.3) is 5.70 Å². The Morgan fingerprint density at radius 1 is 1.06 bits per heavy atom. The van der Waals surface area contributed by atoms with Gasteiger partial charge in [-0.25, -0.2) is 5.43 Å². The van der Waals surface area contributed by atoms with Crippen molar-refractivity contribution in [3.05, 3.63) is 71.3 Å². The van der Waals surface area contributed by atoms with Crippen LogP contribution in [0, 0.1) is 0 Å². The summed E-state index contributed by atoms with van der Waals surface area (Å²) in [6.07, 6.45) is 8.42. The summed E-state index contributed by atoms with van der Waals surface area (Å²) in [6, 6.07) is 15.8. The third kappa shape index (κ3) is 4.68. The van der Waals surface area contributed by atoms with Crippen molar-refractivity contribution in [1.82, 2.24) is 10.7 Å². The number of anilines is 1. The van der Waals surface area contributed by atoms with E-state index in [1.807, 2.05) is 61.5 Å². The van der Waals surface area contributed by atoms with E-state index in [0.29, 0.717) is 0 Å². The summed E-state index contributed by atoms with van der Waals surface area (Å²) >= 11 is 0.